The van der Waals surface area contributed by atoms with Gasteiger partial charge in [-0.15, -0.1) is 5.10 Å². The van der Waals surface area contributed by atoms with E-state index >= 15 is 0 Å². The van der Waals surface area contributed by atoms with Crippen molar-refractivity contribution in [1.29, 1.82) is 5.26 Å². The Balaban J connectivity index is 2.86. The van der Waals surface area contributed by atoms with E-state index in [-0.39, 0.29) is 6.04 Å². The molecule has 1 unspecified atom stereocenters. The molecule has 19 heavy (non-hydrogen) atoms. The van der Waals surface area contributed by atoms with E-state index in [1.807, 2.05) is 4.68 Å². The summed E-state index contributed by atoms with van der Waals surface area (Å²) < 4.78 is 7.08. The SMILES string of the molecule is COCCC(C)n1nnc(CC#N)c1CCC(C)C. The summed E-state index contributed by atoms with van der Waals surface area (Å²) >= 11 is 0. The van der Waals surface area contributed by atoms with Crippen molar-refractivity contribution in [2.45, 2.75) is 52.5 Å². The van der Waals surface area contributed by atoms with Crippen LogP contribution in [0.5, 0.6) is 0 Å². The van der Waals surface area contributed by atoms with Crippen LogP contribution in [0.15, 0.2) is 0 Å². The molecule has 1 aromatic heterocycles. The Labute approximate surface area is 115 Å². The molecule has 0 aliphatic heterocycles. The minimum Gasteiger partial charge on any atom is -0.385 e. The van der Waals surface area contributed by atoms with Crippen molar-refractivity contribution in [2.75, 3.05) is 13.7 Å². The van der Waals surface area contributed by atoms with E-state index in [0.717, 1.165) is 30.7 Å². The van der Waals surface area contributed by atoms with Crippen LogP contribution >= 0.6 is 0 Å². The van der Waals surface area contributed by atoms with Gasteiger partial charge in [0.2, 0.25) is 0 Å². The first-order chi connectivity index (χ1) is 9.10. The second kappa shape index (κ2) is 7.90. The van der Waals surface area contributed by atoms with Crippen molar-refractivity contribution in [3.63, 3.8) is 0 Å². The Bertz CT molecular complexity index is 420. The van der Waals surface area contributed by atoms with Gasteiger partial charge in [-0.2, -0.15) is 5.26 Å². The van der Waals surface area contributed by atoms with E-state index in [0.29, 0.717) is 18.9 Å². The third kappa shape index (κ3) is 4.64. The van der Waals surface area contributed by atoms with Gasteiger partial charge in [0.05, 0.1) is 29.9 Å². The fourth-order valence-corrected chi connectivity index (χ4v) is 2.01. The van der Waals surface area contributed by atoms with Gasteiger partial charge in [-0.1, -0.05) is 19.1 Å². The molecule has 1 atom stereocenters. The first-order valence-corrected chi connectivity index (χ1v) is 6.89. The molecule has 0 aliphatic carbocycles. The highest BCUT2D eigenvalue weighted by molar-refractivity contribution is 5.15. The van der Waals surface area contributed by atoms with Crippen LogP contribution in [0.4, 0.5) is 0 Å². The lowest BCUT2D eigenvalue weighted by molar-refractivity contribution is 0.177. The van der Waals surface area contributed by atoms with E-state index in [4.69, 9.17) is 10.00 Å². The Morgan fingerprint density at radius 3 is 2.63 bits per heavy atom. The number of hydrogen-bond acceptors (Lipinski definition) is 4. The summed E-state index contributed by atoms with van der Waals surface area (Å²) in [6.45, 7) is 7.22. The lowest BCUT2D eigenvalue weighted by Crippen LogP contribution is -2.14. The quantitative estimate of drug-likeness (QED) is 0.723. The Hall–Kier alpha value is -1.41. The van der Waals surface area contributed by atoms with Crippen molar-refractivity contribution < 1.29 is 4.74 Å². The van der Waals surface area contributed by atoms with Crippen molar-refractivity contribution in [1.82, 2.24) is 15.0 Å². The van der Waals surface area contributed by atoms with E-state index in [1.165, 1.54) is 0 Å². The molecule has 0 aromatic carbocycles. The van der Waals surface area contributed by atoms with Gasteiger partial charge in [0, 0.05) is 13.7 Å². The van der Waals surface area contributed by atoms with Crippen molar-refractivity contribution >= 4 is 0 Å². The van der Waals surface area contributed by atoms with Crippen LogP contribution in [0.25, 0.3) is 0 Å². The zero-order valence-electron chi connectivity index (χ0n) is 12.4. The van der Waals surface area contributed by atoms with Gasteiger partial charge in [-0.05, 0) is 32.1 Å². The van der Waals surface area contributed by atoms with Crippen molar-refractivity contribution in [3.05, 3.63) is 11.4 Å². The summed E-state index contributed by atoms with van der Waals surface area (Å²) in [6.07, 6.45) is 3.26. The van der Waals surface area contributed by atoms with E-state index in [2.05, 4.69) is 37.2 Å². The molecule has 0 saturated carbocycles. The molecule has 5 heteroatoms. The Morgan fingerprint density at radius 1 is 1.32 bits per heavy atom. The maximum absolute atomic E-state index is 8.86. The molecule has 1 rings (SSSR count). The summed E-state index contributed by atoms with van der Waals surface area (Å²) in [5.74, 6) is 0.632. The van der Waals surface area contributed by atoms with Crippen LogP contribution in [-0.4, -0.2) is 28.7 Å². The molecule has 106 valence electrons. The van der Waals surface area contributed by atoms with Gasteiger partial charge in [-0.3, -0.25) is 0 Å². The maximum Gasteiger partial charge on any atom is 0.0999 e. The predicted molar refractivity (Wildman–Crippen MR) is 73.7 cm³/mol. The first kappa shape index (κ1) is 15.6. The number of nitriles is 1. The van der Waals surface area contributed by atoms with E-state index in [1.54, 1.807) is 7.11 Å². The van der Waals surface area contributed by atoms with Crippen LogP contribution in [0.3, 0.4) is 0 Å². The maximum atomic E-state index is 8.86. The van der Waals surface area contributed by atoms with Crippen LogP contribution in [0, 0.1) is 17.2 Å². The fourth-order valence-electron chi connectivity index (χ4n) is 2.01. The van der Waals surface area contributed by atoms with Crippen LogP contribution < -0.4 is 0 Å². The van der Waals surface area contributed by atoms with Crippen molar-refractivity contribution in [3.8, 4) is 6.07 Å². The summed E-state index contributed by atoms with van der Waals surface area (Å²) in [7, 11) is 1.70. The highest BCUT2D eigenvalue weighted by atomic mass is 16.5. The largest absolute Gasteiger partial charge is 0.385 e. The molecular weight excluding hydrogens is 240 g/mol. The highest BCUT2D eigenvalue weighted by Crippen LogP contribution is 2.18. The van der Waals surface area contributed by atoms with Gasteiger partial charge in [0.1, 0.15) is 0 Å². The van der Waals surface area contributed by atoms with Gasteiger partial charge in [0.25, 0.3) is 0 Å². The van der Waals surface area contributed by atoms with E-state index < -0.39 is 0 Å². The van der Waals surface area contributed by atoms with Crippen molar-refractivity contribution in [2.24, 2.45) is 5.92 Å². The first-order valence-electron chi connectivity index (χ1n) is 6.89. The summed E-state index contributed by atoms with van der Waals surface area (Å²) in [5.41, 5.74) is 1.94. The zero-order valence-corrected chi connectivity index (χ0v) is 12.4. The number of aromatic nitrogens is 3. The highest BCUT2D eigenvalue weighted by Gasteiger charge is 2.17. The number of nitrogens with zero attached hydrogens (tertiary/aromatic N) is 4. The minimum absolute atomic E-state index is 0.252. The number of methoxy groups -OCH3 is 1. The molecule has 0 bridgehead atoms. The smallest absolute Gasteiger partial charge is 0.0999 e. The van der Waals surface area contributed by atoms with Gasteiger partial charge in [0.15, 0.2) is 0 Å². The molecule has 1 aromatic rings. The average Bonchev–Trinajstić information content (AvgIpc) is 2.77. The standard InChI is InChI=1S/C14H24N4O/c1-11(2)5-6-14-13(7-9-15)16-17-18(14)12(3)8-10-19-4/h11-12H,5-8,10H2,1-4H3. The Kier molecular flexibility index (Phi) is 6.51. The molecule has 0 N–H and O–H groups in total. The third-order valence-electron chi connectivity index (χ3n) is 3.23. The molecule has 0 aliphatic rings. The van der Waals surface area contributed by atoms with E-state index in [9.17, 15) is 0 Å². The van der Waals surface area contributed by atoms with Gasteiger partial charge < -0.3 is 4.74 Å². The Morgan fingerprint density at radius 2 is 2.05 bits per heavy atom. The molecule has 0 saturated heterocycles. The fraction of sp³-hybridized carbons (Fsp3) is 0.786. The van der Waals surface area contributed by atoms with Gasteiger partial charge >= 0.3 is 0 Å². The summed E-state index contributed by atoms with van der Waals surface area (Å²) in [6, 6.07) is 2.42. The lowest BCUT2D eigenvalue weighted by atomic mass is 10.0. The molecule has 1 heterocycles. The monoisotopic (exact) mass is 264 g/mol. The molecule has 0 amide bonds. The molecule has 5 nitrogen and oxygen atoms in total. The molecular formula is C14H24N4O. The normalized spacial score (nSPS) is 12.6. The zero-order chi connectivity index (χ0) is 14.3. The summed E-state index contributed by atoms with van der Waals surface area (Å²) in [4.78, 5) is 0. The summed E-state index contributed by atoms with van der Waals surface area (Å²) in [5, 5.41) is 17.3. The number of hydrogen-bond donors (Lipinski definition) is 0. The number of ether oxygens (including phenoxy) is 1. The molecule has 0 spiro atoms. The minimum atomic E-state index is 0.252. The second-order valence-electron chi connectivity index (χ2n) is 5.33. The van der Waals surface area contributed by atoms with Gasteiger partial charge in [-0.25, -0.2) is 4.68 Å². The van der Waals surface area contributed by atoms with Crippen LogP contribution in [0.2, 0.25) is 0 Å². The van der Waals surface area contributed by atoms with Crippen LogP contribution in [-0.2, 0) is 17.6 Å². The lowest BCUT2D eigenvalue weighted by Gasteiger charge is -2.15. The molecule has 0 radical (unpaired) electrons. The average molecular weight is 264 g/mol. The second-order valence-corrected chi connectivity index (χ2v) is 5.33. The predicted octanol–water partition coefficient (Wildman–Crippen LogP) is 2.53. The van der Waals surface area contributed by atoms with Crippen LogP contribution in [0.1, 0.15) is 51.0 Å². The third-order valence-corrected chi connectivity index (χ3v) is 3.23. The topological polar surface area (TPSA) is 63.7 Å². The molecule has 0 fully saturated rings. The number of rotatable bonds is 8.